The van der Waals surface area contributed by atoms with Crippen molar-refractivity contribution < 1.29 is 0 Å². The molecule has 0 saturated carbocycles. The van der Waals surface area contributed by atoms with Gasteiger partial charge < -0.3 is 10.2 Å². The van der Waals surface area contributed by atoms with Crippen molar-refractivity contribution in [2.75, 3.05) is 38.6 Å². The molecule has 1 fully saturated rings. The minimum atomic E-state index is 0.697. The van der Waals surface area contributed by atoms with Crippen LogP contribution >= 0.6 is 0 Å². The van der Waals surface area contributed by atoms with E-state index in [4.69, 9.17) is 0 Å². The third-order valence-electron chi connectivity index (χ3n) is 4.82. The number of rotatable bonds is 3. The van der Waals surface area contributed by atoms with Crippen LogP contribution in [0.1, 0.15) is 30.4 Å². The molecule has 0 bridgehead atoms. The molecule has 1 aromatic carbocycles. The number of nitrogens with one attached hydrogen (secondary N) is 1. The van der Waals surface area contributed by atoms with Crippen LogP contribution in [0.3, 0.4) is 0 Å². The molecule has 0 radical (unpaired) electrons. The Hall–Kier alpha value is -1.06. The Morgan fingerprint density at radius 1 is 1.35 bits per heavy atom. The smallest absolute Gasteiger partial charge is 0.0396 e. The van der Waals surface area contributed by atoms with Crippen LogP contribution in [-0.2, 0) is 13.0 Å². The van der Waals surface area contributed by atoms with E-state index in [-0.39, 0.29) is 0 Å². The number of likely N-dealkylation sites (N-methyl/N-ethyl adjacent to an activating group) is 1. The Kier molecular flexibility index (Phi) is 4.27. The van der Waals surface area contributed by atoms with Gasteiger partial charge in [-0.2, -0.15) is 0 Å². The highest BCUT2D eigenvalue weighted by atomic mass is 15.2. The van der Waals surface area contributed by atoms with Crippen LogP contribution in [0.2, 0.25) is 0 Å². The van der Waals surface area contributed by atoms with Crippen LogP contribution in [0.4, 0.5) is 5.69 Å². The summed E-state index contributed by atoms with van der Waals surface area (Å²) < 4.78 is 0. The fourth-order valence-corrected chi connectivity index (χ4v) is 3.56. The minimum Gasteiger partial charge on any atom is -0.374 e. The summed E-state index contributed by atoms with van der Waals surface area (Å²) in [5.41, 5.74) is 4.43. The second kappa shape index (κ2) is 6.15. The molecule has 1 N–H and O–H groups in total. The van der Waals surface area contributed by atoms with Gasteiger partial charge in [-0.1, -0.05) is 12.1 Å². The van der Waals surface area contributed by atoms with Crippen molar-refractivity contribution in [1.82, 2.24) is 10.2 Å². The molecule has 1 atom stereocenters. The van der Waals surface area contributed by atoms with Crippen LogP contribution in [0.5, 0.6) is 0 Å². The zero-order chi connectivity index (χ0) is 13.9. The minimum absolute atomic E-state index is 0.697. The number of fused-ring (bicyclic) bond motifs is 1. The van der Waals surface area contributed by atoms with Gasteiger partial charge in [0.25, 0.3) is 0 Å². The Balaban J connectivity index is 1.68. The van der Waals surface area contributed by atoms with E-state index < -0.39 is 0 Å². The molecular weight excluding hydrogens is 246 g/mol. The average Bonchev–Trinajstić information content (AvgIpc) is 2.48. The van der Waals surface area contributed by atoms with Gasteiger partial charge in [0.1, 0.15) is 0 Å². The zero-order valence-corrected chi connectivity index (χ0v) is 12.9. The summed E-state index contributed by atoms with van der Waals surface area (Å²) >= 11 is 0. The van der Waals surface area contributed by atoms with E-state index in [9.17, 15) is 0 Å². The summed E-state index contributed by atoms with van der Waals surface area (Å²) in [5.74, 6) is 0. The van der Waals surface area contributed by atoms with Crippen molar-refractivity contribution in [2.24, 2.45) is 0 Å². The first kappa shape index (κ1) is 13.9. The van der Waals surface area contributed by atoms with Crippen LogP contribution in [-0.4, -0.2) is 44.7 Å². The number of hydrogen-bond donors (Lipinski definition) is 1. The topological polar surface area (TPSA) is 18.5 Å². The third kappa shape index (κ3) is 2.99. The first-order valence-corrected chi connectivity index (χ1v) is 7.98. The number of nitrogens with zero attached hydrogens (tertiary/aromatic N) is 2. The van der Waals surface area contributed by atoms with Gasteiger partial charge in [-0.05, 0) is 56.5 Å². The molecule has 0 spiro atoms. The lowest BCUT2D eigenvalue weighted by Gasteiger charge is -2.32. The normalized spacial score (nSPS) is 22.9. The molecule has 2 heterocycles. The van der Waals surface area contributed by atoms with E-state index in [0.717, 1.165) is 13.1 Å². The lowest BCUT2D eigenvalue weighted by atomic mass is 9.99. The summed E-state index contributed by atoms with van der Waals surface area (Å²) in [6.07, 6.45) is 5.17. The van der Waals surface area contributed by atoms with E-state index in [0.29, 0.717) is 6.04 Å². The fourth-order valence-electron chi connectivity index (χ4n) is 3.56. The second-order valence-corrected chi connectivity index (χ2v) is 6.40. The van der Waals surface area contributed by atoms with E-state index in [1.807, 2.05) is 0 Å². The number of benzene rings is 1. The van der Waals surface area contributed by atoms with E-state index >= 15 is 0 Å². The highest BCUT2D eigenvalue weighted by Crippen LogP contribution is 2.27. The number of anilines is 1. The lowest BCUT2D eigenvalue weighted by molar-refractivity contribution is 0.196. The Morgan fingerprint density at radius 2 is 2.25 bits per heavy atom. The molecule has 1 saturated heterocycles. The van der Waals surface area contributed by atoms with Crippen LogP contribution in [0.15, 0.2) is 18.2 Å². The van der Waals surface area contributed by atoms with Crippen LogP contribution in [0, 0.1) is 0 Å². The number of aryl methyl sites for hydroxylation is 1. The fraction of sp³-hybridized carbons (Fsp3) is 0.647. The molecule has 1 unspecified atom stereocenters. The molecule has 3 nitrogen and oxygen atoms in total. The largest absolute Gasteiger partial charge is 0.374 e. The van der Waals surface area contributed by atoms with Gasteiger partial charge >= 0.3 is 0 Å². The summed E-state index contributed by atoms with van der Waals surface area (Å²) in [4.78, 5) is 4.90. The van der Waals surface area contributed by atoms with Crippen molar-refractivity contribution in [3.8, 4) is 0 Å². The molecule has 20 heavy (non-hydrogen) atoms. The van der Waals surface area contributed by atoms with Gasteiger partial charge in [0.15, 0.2) is 0 Å². The predicted molar refractivity (Wildman–Crippen MR) is 85.4 cm³/mol. The Bertz CT molecular complexity index is 452. The van der Waals surface area contributed by atoms with E-state index in [2.05, 4.69) is 47.4 Å². The third-order valence-corrected chi connectivity index (χ3v) is 4.82. The molecule has 1 aromatic rings. The average molecular weight is 273 g/mol. The Morgan fingerprint density at radius 3 is 3.05 bits per heavy atom. The maximum atomic E-state index is 3.51. The van der Waals surface area contributed by atoms with E-state index in [1.165, 1.54) is 55.6 Å². The second-order valence-electron chi connectivity index (χ2n) is 6.40. The van der Waals surface area contributed by atoms with Crippen molar-refractivity contribution >= 4 is 5.69 Å². The SMILES string of the molecule is CN1CCCc2cc(CN(C)C3CCCNC3)ccc21. The highest BCUT2D eigenvalue weighted by molar-refractivity contribution is 5.56. The maximum absolute atomic E-state index is 3.51. The van der Waals surface area contributed by atoms with Crippen LogP contribution < -0.4 is 10.2 Å². The number of piperidine rings is 1. The first-order valence-electron chi connectivity index (χ1n) is 7.98. The molecule has 0 aromatic heterocycles. The van der Waals surface area contributed by atoms with Gasteiger partial charge in [-0.15, -0.1) is 0 Å². The summed E-state index contributed by atoms with van der Waals surface area (Å²) in [6, 6.07) is 7.75. The molecule has 2 aliphatic heterocycles. The predicted octanol–water partition coefficient (Wildman–Crippen LogP) is 2.25. The summed E-state index contributed by atoms with van der Waals surface area (Å²) in [7, 11) is 4.47. The van der Waals surface area contributed by atoms with Gasteiger partial charge in [-0.25, -0.2) is 0 Å². The van der Waals surface area contributed by atoms with Crippen molar-refractivity contribution in [3.05, 3.63) is 29.3 Å². The van der Waals surface area contributed by atoms with Crippen molar-refractivity contribution in [3.63, 3.8) is 0 Å². The quantitative estimate of drug-likeness (QED) is 0.911. The van der Waals surface area contributed by atoms with E-state index in [1.54, 1.807) is 0 Å². The highest BCUT2D eigenvalue weighted by Gasteiger charge is 2.19. The maximum Gasteiger partial charge on any atom is 0.0396 e. The van der Waals surface area contributed by atoms with Gasteiger partial charge in [-0.3, -0.25) is 4.90 Å². The molecule has 0 aliphatic carbocycles. The Labute approximate surface area is 123 Å². The molecule has 3 rings (SSSR count). The molecular formula is C17H27N3. The molecule has 0 amide bonds. The monoisotopic (exact) mass is 273 g/mol. The lowest BCUT2D eigenvalue weighted by Crippen LogP contribution is -2.43. The summed E-state index contributed by atoms with van der Waals surface area (Å²) in [6.45, 7) is 4.60. The van der Waals surface area contributed by atoms with Gasteiger partial charge in [0.2, 0.25) is 0 Å². The van der Waals surface area contributed by atoms with Gasteiger partial charge in [0.05, 0.1) is 0 Å². The summed E-state index contributed by atoms with van der Waals surface area (Å²) in [5, 5.41) is 3.51. The van der Waals surface area contributed by atoms with Crippen LogP contribution in [0.25, 0.3) is 0 Å². The zero-order valence-electron chi connectivity index (χ0n) is 12.9. The standard InChI is InChI=1S/C17H27N3/c1-19-10-4-5-15-11-14(7-8-17(15)19)13-20(2)16-6-3-9-18-12-16/h7-8,11,16,18H,3-6,9-10,12-13H2,1-2H3. The van der Waals surface area contributed by atoms with Gasteiger partial charge in [0, 0.05) is 38.4 Å². The molecule has 2 aliphatic rings. The first-order chi connectivity index (χ1) is 9.74. The van der Waals surface area contributed by atoms with Crippen molar-refractivity contribution in [1.29, 1.82) is 0 Å². The van der Waals surface area contributed by atoms with Crippen molar-refractivity contribution in [2.45, 2.75) is 38.3 Å². The molecule has 110 valence electrons. The number of hydrogen-bond acceptors (Lipinski definition) is 3. The molecule has 3 heteroatoms.